The van der Waals surface area contributed by atoms with Crippen LogP contribution in [0.15, 0.2) is 48.1 Å². The summed E-state index contributed by atoms with van der Waals surface area (Å²) in [5.41, 5.74) is 3.53. The van der Waals surface area contributed by atoms with E-state index in [1.54, 1.807) is 24.6 Å². The fraction of sp³-hybridized carbons (Fsp3) is 0.692. The van der Waals surface area contributed by atoms with Gasteiger partial charge in [-0.2, -0.15) is 0 Å². The van der Waals surface area contributed by atoms with Crippen molar-refractivity contribution in [2.45, 2.75) is 125 Å². The number of rotatable bonds is 10. The highest BCUT2D eigenvalue weighted by atomic mass is 16.5. The van der Waals surface area contributed by atoms with E-state index in [4.69, 9.17) is 9.47 Å². The lowest BCUT2D eigenvalue weighted by atomic mass is 9.47. The minimum atomic E-state index is -0.448. The smallest absolute Gasteiger partial charge is 0.338 e. The zero-order valence-electron chi connectivity index (χ0n) is 27.8. The Balaban J connectivity index is 1.17. The molecule has 1 aromatic rings. The zero-order valence-corrected chi connectivity index (χ0v) is 27.8. The average Bonchev–Trinajstić information content (AvgIpc) is 3.31. The predicted molar refractivity (Wildman–Crippen MR) is 174 cm³/mol. The third-order valence-corrected chi connectivity index (χ3v) is 12.4. The monoisotopic (exact) mass is 588 g/mol. The van der Waals surface area contributed by atoms with E-state index in [-0.39, 0.29) is 23.9 Å². The van der Waals surface area contributed by atoms with Crippen molar-refractivity contribution in [1.82, 2.24) is 0 Å². The minimum Gasteiger partial charge on any atom is -0.462 e. The van der Waals surface area contributed by atoms with Crippen LogP contribution < -0.4 is 4.74 Å². The molecule has 8 atom stereocenters. The van der Waals surface area contributed by atoms with E-state index in [0.717, 1.165) is 60.3 Å². The topological polar surface area (TPSA) is 52.6 Å². The molecule has 4 heteroatoms. The van der Waals surface area contributed by atoms with E-state index in [2.05, 4.69) is 47.3 Å². The fourth-order valence-corrected chi connectivity index (χ4v) is 10.0. The molecule has 5 rings (SSSR count). The van der Waals surface area contributed by atoms with Crippen molar-refractivity contribution in [3.8, 4) is 5.75 Å². The minimum absolute atomic E-state index is 0.0319. The Bertz CT molecular complexity index is 1210. The van der Waals surface area contributed by atoms with Crippen LogP contribution in [0.5, 0.6) is 5.75 Å². The summed E-state index contributed by atoms with van der Waals surface area (Å²) in [4.78, 5) is 24.7. The predicted octanol–water partition coefficient (Wildman–Crippen LogP) is 9.66. The lowest BCUT2D eigenvalue weighted by Gasteiger charge is -2.58. The third-order valence-electron chi connectivity index (χ3n) is 12.4. The summed E-state index contributed by atoms with van der Waals surface area (Å²) >= 11 is 0. The molecule has 0 aliphatic heterocycles. The molecule has 0 spiro atoms. The molecule has 0 heterocycles. The summed E-state index contributed by atoms with van der Waals surface area (Å²) in [5.74, 6) is 4.83. The van der Waals surface area contributed by atoms with Gasteiger partial charge < -0.3 is 9.47 Å². The van der Waals surface area contributed by atoms with Crippen molar-refractivity contribution < 1.29 is 19.1 Å². The molecule has 0 amide bonds. The normalized spacial score (nSPS) is 33.9. The Hall–Kier alpha value is -2.36. The standard InChI is InChI=1S/C39H56O4/c1-25(2)9-8-10-27(5)33-17-18-34-32-16-13-29-24-31(19-21-38(29,6)35(32)20-22-39(33,34)7)42-36(40)23-28-11-14-30(15-12-28)43-37(41)26(3)4/h11-15,25,27,31-35H,3,8-10,16-24H2,1-2,4-7H3. The van der Waals surface area contributed by atoms with Gasteiger partial charge in [0.15, 0.2) is 0 Å². The van der Waals surface area contributed by atoms with Crippen LogP contribution in [0.3, 0.4) is 0 Å². The van der Waals surface area contributed by atoms with Crippen molar-refractivity contribution >= 4 is 11.9 Å². The van der Waals surface area contributed by atoms with Gasteiger partial charge in [-0.1, -0.05) is 84.2 Å². The zero-order chi connectivity index (χ0) is 30.9. The summed E-state index contributed by atoms with van der Waals surface area (Å²) < 4.78 is 11.3. The van der Waals surface area contributed by atoms with Crippen LogP contribution in [0.2, 0.25) is 0 Å². The molecule has 4 aliphatic carbocycles. The average molecular weight is 589 g/mol. The van der Waals surface area contributed by atoms with E-state index in [0.29, 0.717) is 16.7 Å². The molecule has 3 fully saturated rings. The first-order valence-electron chi connectivity index (χ1n) is 17.3. The first-order valence-corrected chi connectivity index (χ1v) is 17.3. The SMILES string of the molecule is C=C(C)C(=O)Oc1ccc(CC(=O)OC2CCC3(C)C(=CCC4C3CCC3(C)C(C(C)CCCC(C)C)CCC43)C2)cc1. The second-order valence-corrected chi connectivity index (χ2v) is 15.6. The number of allylic oxidation sites excluding steroid dienone is 1. The van der Waals surface area contributed by atoms with Gasteiger partial charge in [0, 0.05) is 12.0 Å². The maximum Gasteiger partial charge on any atom is 0.338 e. The highest BCUT2D eigenvalue weighted by Gasteiger charge is 2.59. The summed E-state index contributed by atoms with van der Waals surface area (Å²) in [7, 11) is 0. The third kappa shape index (κ3) is 6.69. The van der Waals surface area contributed by atoms with Gasteiger partial charge in [-0.25, -0.2) is 4.79 Å². The molecule has 0 bridgehead atoms. The van der Waals surface area contributed by atoms with Crippen LogP contribution in [0.4, 0.5) is 0 Å². The molecule has 236 valence electrons. The highest BCUT2D eigenvalue weighted by molar-refractivity contribution is 5.88. The molecule has 3 saturated carbocycles. The number of hydrogen-bond donors (Lipinski definition) is 0. The van der Waals surface area contributed by atoms with Crippen LogP contribution >= 0.6 is 0 Å². The number of fused-ring (bicyclic) bond motifs is 5. The van der Waals surface area contributed by atoms with Crippen LogP contribution in [-0.2, 0) is 20.7 Å². The summed E-state index contributed by atoms with van der Waals surface area (Å²) in [5, 5.41) is 0. The summed E-state index contributed by atoms with van der Waals surface area (Å²) in [6, 6.07) is 7.07. The van der Waals surface area contributed by atoms with Crippen LogP contribution in [0, 0.1) is 46.3 Å². The highest BCUT2D eigenvalue weighted by Crippen LogP contribution is 2.67. The van der Waals surface area contributed by atoms with Crippen molar-refractivity contribution in [2.24, 2.45) is 46.3 Å². The number of benzene rings is 1. The van der Waals surface area contributed by atoms with Crippen molar-refractivity contribution in [1.29, 1.82) is 0 Å². The van der Waals surface area contributed by atoms with E-state index in [9.17, 15) is 9.59 Å². The molecule has 0 saturated heterocycles. The lowest BCUT2D eigenvalue weighted by molar-refractivity contribution is -0.150. The van der Waals surface area contributed by atoms with Gasteiger partial charge in [-0.15, -0.1) is 0 Å². The molecule has 1 aromatic carbocycles. The summed E-state index contributed by atoms with van der Waals surface area (Å²) in [6.45, 7) is 17.7. The molecule has 43 heavy (non-hydrogen) atoms. The van der Waals surface area contributed by atoms with Crippen LogP contribution in [-0.4, -0.2) is 18.0 Å². The van der Waals surface area contributed by atoms with Gasteiger partial charge in [-0.05, 0) is 116 Å². The Morgan fingerprint density at radius 1 is 0.977 bits per heavy atom. The van der Waals surface area contributed by atoms with Gasteiger partial charge in [0.1, 0.15) is 11.9 Å². The van der Waals surface area contributed by atoms with Crippen molar-refractivity contribution in [3.05, 3.63) is 53.6 Å². The quantitative estimate of drug-likeness (QED) is 0.118. The number of carbonyl (C=O) groups is 2. The van der Waals surface area contributed by atoms with E-state index < -0.39 is 5.97 Å². The molecular formula is C39H56O4. The second kappa shape index (κ2) is 12.9. The van der Waals surface area contributed by atoms with Gasteiger partial charge in [0.05, 0.1) is 6.42 Å². The molecule has 4 nitrogen and oxygen atoms in total. The van der Waals surface area contributed by atoms with E-state index in [1.807, 2.05) is 12.1 Å². The van der Waals surface area contributed by atoms with Crippen molar-refractivity contribution in [3.63, 3.8) is 0 Å². The molecule has 8 unspecified atom stereocenters. The number of esters is 2. The maximum absolute atomic E-state index is 12.9. The van der Waals surface area contributed by atoms with Crippen LogP contribution in [0.25, 0.3) is 0 Å². The van der Waals surface area contributed by atoms with E-state index >= 15 is 0 Å². The van der Waals surface area contributed by atoms with Gasteiger partial charge >= 0.3 is 11.9 Å². The number of carbonyl (C=O) groups excluding carboxylic acids is 2. The molecule has 0 N–H and O–H groups in total. The van der Waals surface area contributed by atoms with E-state index in [1.165, 1.54) is 51.4 Å². The Morgan fingerprint density at radius 2 is 1.72 bits per heavy atom. The first-order chi connectivity index (χ1) is 20.4. The maximum atomic E-state index is 12.9. The largest absolute Gasteiger partial charge is 0.462 e. The number of ether oxygens (including phenoxy) is 2. The molecular weight excluding hydrogens is 532 g/mol. The number of hydrogen-bond acceptors (Lipinski definition) is 4. The Morgan fingerprint density at radius 3 is 2.42 bits per heavy atom. The Labute approximate surface area is 261 Å². The molecule has 4 aliphatic rings. The van der Waals surface area contributed by atoms with Crippen molar-refractivity contribution in [2.75, 3.05) is 0 Å². The summed E-state index contributed by atoms with van der Waals surface area (Å²) in [6.07, 6.45) is 16.7. The lowest BCUT2D eigenvalue weighted by Crippen LogP contribution is -2.51. The Kier molecular flexibility index (Phi) is 9.64. The van der Waals surface area contributed by atoms with Gasteiger partial charge in [-0.3, -0.25) is 4.79 Å². The molecule has 0 aromatic heterocycles. The van der Waals surface area contributed by atoms with Crippen LogP contribution in [0.1, 0.15) is 118 Å². The van der Waals surface area contributed by atoms with Gasteiger partial charge in [0.2, 0.25) is 0 Å². The fourth-order valence-electron chi connectivity index (χ4n) is 10.0. The second-order valence-electron chi connectivity index (χ2n) is 15.6. The van der Waals surface area contributed by atoms with Gasteiger partial charge in [0.25, 0.3) is 0 Å². The first kappa shape index (κ1) is 32.0. The molecule has 0 radical (unpaired) electrons.